The molecule has 0 aliphatic rings. The van der Waals surface area contributed by atoms with E-state index in [0.717, 1.165) is 5.69 Å². The maximum absolute atomic E-state index is 4.72. The van der Waals surface area contributed by atoms with Gasteiger partial charge in [0, 0.05) is 11.9 Å². The van der Waals surface area contributed by atoms with Crippen molar-refractivity contribution in [3.05, 3.63) is 16.7 Å². The Labute approximate surface area is 60.3 Å². The SMILES string of the molecule is CC.Cc1c[nH]c(=S)[nH]1. The Morgan fingerprint density at radius 2 is 2.00 bits per heavy atom. The Kier molecular flexibility index (Phi) is 4.05. The van der Waals surface area contributed by atoms with Gasteiger partial charge in [0.15, 0.2) is 4.77 Å². The molecule has 0 bridgehead atoms. The third-order valence-corrected chi connectivity index (χ3v) is 0.950. The summed E-state index contributed by atoms with van der Waals surface area (Å²) in [5, 5.41) is 0. The van der Waals surface area contributed by atoms with E-state index in [0.29, 0.717) is 4.77 Å². The number of H-pyrrole nitrogens is 2. The van der Waals surface area contributed by atoms with Crippen LogP contribution < -0.4 is 0 Å². The minimum Gasteiger partial charge on any atom is -0.337 e. The second-order valence-electron chi connectivity index (χ2n) is 1.43. The Hall–Kier alpha value is -0.570. The summed E-state index contributed by atoms with van der Waals surface area (Å²) in [6, 6.07) is 0. The number of aromatic nitrogens is 2. The summed E-state index contributed by atoms with van der Waals surface area (Å²) in [4.78, 5) is 5.73. The van der Waals surface area contributed by atoms with Crippen molar-refractivity contribution in [2.24, 2.45) is 0 Å². The standard InChI is InChI=1S/C4H6N2S.C2H6/c1-3-2-5-4(7)6-3;1-2/h2H,1H3,(H2,5,6,7);1-2H3. The maximum atomic E-state index is 4.72. The van der Waals surface area contributed by atoms with Gasteiger partial charge in [0.05, 0.1) is 0 Å². The molecule has 2 nitrogen and oxygen atoms in total. The molecule has 0 spiro atoms. The Morgan fingerprint density at radius 1 is 1.44 bits per heavy atom. The zero-order valence-corrected chi connectivity index (χ0v) is 6.80. The molecule has 0 aromatic carbocycles. The average molecular weight is 144 g/mol. The van der Waals surface area contributed by atoms with Crippen LogP contribution in [0.2, 0.25) is 0 Å². The molecule has 1 heterocycles. The van der Waals surface area contributed by atoms with Crippen LogP contribution in [0, 0.1) is 11.7 Å². The molecule has 0 radical (unpaired) electrons. The number of imidazole rings is 1. The highest BCUT2D eigenvalue weighted by Gasteiger charge is 1.77. The highest BCUT2D eigenvalue weighted by Crippen LogP contribution is 1.85. The molecular formula is C6H12N2S. The van der Waals surface area contributed by atoms with Gasteiger partial charge < -0.3 is 9.97 Å². The van der Waals surface area contributed by atoms with E-state index in [1.54, 1.807) is 0 Å². The van der Waals surface area contributed by atoms with Gasteiger partial charge in [-0.1, -0.05) is 13.8 Å². The van der Waals surface area contributed by atoms with Crippen LogP contribution in [0.25, 0.3) is 0 Å². The summed E-state index contributed by atoms with van der Waals surface area (Å²) in [5.41, 5.74) is 1.07. The normalized spacial score (nSPS) is 7.89. The Balaban J connectivity index is 0.000000291. The molecule has 0 aliphatic carbocycles. The molecule has 2 N–H and O–H groups in total. The van der Waals surface area contributed by atoms with Crippen molar-refractivity contribution in [1.29, 1.82) is 0 Å². The third kappa shape index (κ3) is 3.08. The fraction of sp³-hybridized carbons (Fsp3) is 0.500. The lowest BCUT2D eigenvalue weighted by Gasteiger charge is -1.68. The summed E-state index contributed by atoms with van der Waals surface area (Å²) in [6.45, 7) is 5.95. The fourth-order valence-electron chi connectivity index (χ4n) is 0.425. The summed E-state index contributed by atoms with van der Waals surface area (Å²) < 4.78 is 0.692. The van der Waals surface area contributed by atoms with Crippen molar-refractivity contribution in [3.63, 3.8) is 0 Å². The molecule has 0 atom stereocenters. The molecule has 0 aliphatic heterocycles. The van der Waals surface area contributed by atoms with E-state index in [1.165, 1.54) is 0 Å². The summed E-state index contributed by atoms with van der Waals surface area (Å²) in [7, 11) is 0. The molecule has 0 unspecified atom stereocenters. The largest absolute Gasteiger partial charge is 0.337 e. The second kappa shape index (κ2) is 4.32. The van der Waals surface area contributed by atoms with Crippen molar-refractivity contribution in [3.8, 4) is 0 Å². The number of rotatable bonds is 0. The predicted molar refractivity (Wildman–Crippen MR) is 42.1 cm³/mol. The molecule has 1 aromatic rings. The molecule has 52 valence electrons. The van der Waals surface area contributed by atoms with Crippen molar-refractivity contribution >= 4 is 12.2 Å². The first kappa shape index (κ1) is 8.43. The molecule has 1 aromatic heterocycles. The highest BCUT2D eigenvalue weighted by molar-refractivity contribution is 7.71. The average Bonchev–Trinajstić information content (AvgIpc) is 2.20. The van der Waals surface area contributed by atoms with Crippen LogP contribution >= 0.6 is 12.2 Å². The Bertz CT molecular complexity index is 199. The fourth-order valence-corrected chi connectivity index (χ4v) is 0.645. The number of hydrogen-bond donors (Lipinski definition) is 2. The Morgan fingerprint density at radius 3 is 2.11 bits per heavy atom. The summed E-state index contributed by atoms with van der Waals surface area (Å²) in [6.07, 6.45) is 1.84. The molecule has 0 fully saturated rings. The van der Waals surface area contributed by atoms with E-state index in [-0.39, 0.29) is 0 Å². The smallest absolute Gasteiger partial charge is 0.174 e. The molecule has 3 heteroatoms. The highest BCUT2D eigenvalue weighted by atomic mass is 32.1. The van der Waals surface area contributed by atoms with Gasteiger partial charge in [0.1, 0.15) is 0 Å². The number of aryl methyl sites for hydroxylation is 1. The van der Waals surface area contributed by atoms with Gasteiger partial charge in [-0.15, -0.1) is 0 Å². The van der Waals surface area contributed by atoms with E-state index < -0.39 is 0 Å². The molecule has 0 saturated heterocycles. The van der Waals surface area contributed by atoms with Gasteiger partial charge in [0.2, 0.25) is 0 Å². The monoisotopic (exact) mass is 144 g/mol. The van der Waals surface area contributed by atoms with Crippen LogP contribution in [-0.2, 0) is 0 Å². The number of nitrogens with one attached hydrogen (secondary N) is 2. The first-order chi connectivity index (χ1) is 4.29. The van der Waals surface area contributed by atoms with Gasteiger partial charge in [-0.05, 0) is 19.1 Å². The van der Waals surface area contributed by atoms with Gasteiger partial charge >= 0.3 is 0 Å². The zero-order chi connectivity index (χ0) is 7.28. The minimum absolute atomic E-state index is 0.692. The number of aromatic amines is 2. The van der Waals surface area contributed by atoms with E-state index >= 15 is 0 Å². The molecule has 0 saturated carbocycles. The first-order valence-electron chi connectivity index (χ1n) is 3.03. The van der Waals surface area contributed by atoms with Crippen molar-refractivity contribution in [1.82, 2.24) is 9.97 Å². The summed E-state index contributed by atoms with van der Waals surface area (Å²) in [5.74, 6) is 0. The van der Waals surface area contributed by atoms with Gasteiger partial charge in [-0.2, -0.15) is 0 Å². The van der Waals surface area contributed by atoms with Crippen LogP contribution in [-0.4, -0.2) is 9.97 Å². The minimum atomic E-state index is 0.692. The predicted octanol–water partition coefficient (Wildman–Crippen LogP) is 2.41. The summed E-state index contributed by atoms with van der Waals surface area (Å²) >= 11 is 4.72. The first-order valence-corrected chi connectivity index (χ1v) is 3.44. The van der Waals surface area contributed by atoms with Crippen LogP contribution in [0.5, 0.6) is 0 Å². The third-order valence-electron chi connectivity index (χ3n) is 0.730. The van der Waals surface area contributed by atoms with Crippen LogP contribution in [0.4, 0.5) is 0 Å². The molecule has 0 amide bonds. The van der Waals surface area contributed by atoms with Crippen molar-refractivity contribution in [2.75, 3.05) is 0 Å². The van der Waals surface area contributed by atoms with Gasteiger partial charge in [0.25, 0.3) is 0 Å². The topological polar surface area (TPSA) is 31.6 Å². The van der Waals surface area contributed by atoms with E-state index in [2.05, 4.69) is 9.97 Å². The molecule has 1 rings (SSSR count). The van der Waals surface area contributed by atoms with Crippen molar-refractivity contribution < 1.29 is 0 Å². The van der Waals surface area contributed by atoms with Crippen LogP contribution in [0.15, 0.2) is 6.20 Å². The van der Waals surface area contributed by atoms with E-state index in [1.807, 2.05) is 27.0 Å². The lowest BCUT2D eigenvalue weighted by molar-refractivity contribution is 1.22. The maximum Gasteiger partial charge on any atom is 0.174 e. The second-order valence-corrected chi connectivity index (χ2v) is 1.83. The van der Waals surface area contributed by atoms with Gasteiger partial charge in [-0.3, -0.25) is 0 Å². The lowest BCUT2D eigenvalue weighted by atomic mass is 10.6. The van der Waals surface area contributed by atoms with E-state index in [4.69, 9.17) is 12.2 Å². The van der Waals surface area contributed by atoms with Crippen LogP contribution in [0.3, 0.4) is 0 Å². The quantitative estimate of drug-likeness (QED) is 0.538. The van der Waals surface area contributed by atoms with Crippen molar-refractivity contribution in [2.45, 2.75) is 20.8 Å². The molecule has 9 heavy (non-hydrogen) atoms. The lowest BCUT2D eigenvalue weighted by Crippen LogP contribution is -1.62. The number of hydrogen-bond acceptors (Lipinski definition) is 1. The van der Waals surface area contributed by atoms with Gasteiger partial charge in [-0.25, -0.2) is 0 Å². The molecular weight excluding hydrogens is 132 g/mol. The zero-order valence-electron chi connectivity index (χ0n) is 5.99. The van der Waals surface area contributed by atoms with Crippen LogP contribution in [0.1, 0.15) is 19.5 Å². The van der Waals surface area contributed by atoms with E-state index in [9.17, 15) is 0 Å².